The van der Waals surface area contributed by atoms with Crippen LogP contribution in [0.2, 0.25) is 0 Å². The smallest absolute Gasteiger partial charge is 0.149 e. The lowest BCUT2D eigenvalue weighted by Gasteiger charge is -2.16. The van der Waals surface area contributed by atoms with Crippen molar-refractivity contribution in [2.75, 3.05) is 13.6 Å². The van der Waals surface area contributed by atoms with Crippen LogP contribution in [0.5, 0.6) is 0 Å². The summed E-state index contributed by atoms with van der Waals surface area (Å²) >= 11 is 0. The number of carbonyl (C=O) groups is 1. The molecule has 0 aromatic carbocycles. The molecule has 1 atom stereocenters. The zero-order valence-electron chi connectivity index (χ0n) is 6.76. The number of hydrogen-bond donors (Lipinski definition) is 0. The minimum atomic E-state index is 0.241. The molecule has 0 aromatic rings. The van der Waals surface area contributed by atoms with Crippen molar-refractivity contribution in [2.24, 2.45) is 0 Å². The summed E-state index contributed by atoms with van der Waals surface area (Å²) in [5.41, 5.74) is 0. The monoisotopic (exact) mass is 141 g/mol. The van der Waals surface area contributed by atoms with Crippen LogP contribution >= 0.6 is 0 Å². The van der Waals surface area contributed by atoms with E-state index in [0.29, 0.717) is 12.2 Å². The number of nitrogens with zero attached hydrogens (tertiary/aromatic N) is 1. The Hall–Kier alpha value is -0.370. The first-order valence-electron chi connectivity index (χ1n) is 3.98. The average Bonchev–Trinajstić information content (AvgIpc) is 2.34. The second-order valence-corrected chi connectivity index (χ2v) is 2.96. The van der Waals surface area contributed by atoms with Gasteiger partial charge in [-0.1, -0.05) is 6.92 Å². The standard InChI is InChI=1S/C8H15NO/c1-3-8(10)7-5-4-6-9(7)2/h7H,3-6H2,1-2H3/t7-/m1/s1. The van der Waals surface area contributed by atoms with Crippen LogP contribution in [0.3, 0.4) is 0 Å². The number of carbonyl (C=O) groups excluding carboxylic acids is 1. The third-order valence-corrected chi connectivity index (χ3v) is 2.24. The zero-order chi connectivity index (χ0) is 7.56. The molecule has 1 heterocycles. The highest BCUT2D eigenvalue weighted by molar-refractivity contribution is 5.83. The van der Waals surface area contributed by atoms with Crippen molar-refractivity contribution in [3.8, 4) is 0 Å². The highest BCUT2D eigenvalue weighted by Crippen LogP contribution is 2.16. The van der Waals surface area contributed by atoms with E-state index in [1.54, 1.807) is 0 Å². The van der Waals surface area contributed by atoms with Gasteiger partial charge in [-0.2, -0.15) is 0 Å². The first kappa shape index (κ1) is 7.73. The van der Waals surface area contributed by atoms with Crippen molar-refractivity contribution >= 4 is 5.78 Å². The Morgan fingerprint density at radius 3 is 2.80 bits per heavy atom. The van der Waals surface area contributed by atoms with Gasteiger partial charge in [0.1, 0.15) is 5.78 Å². The van der Waals surface area contributed by atoms with Crippen LogP contribution in [-0.4, -0.2) is 30.3 Å². The number of likely N-dealkylation sites (N-methyl/N-ethyl adjacent to an activating group) is 1. The number of rotatable bonds is 2. The number of Topliss-reactive ketones (excluding diaryl/α,β-unsaturated/α-hetero) is 1. The molecule has 0 saturated carbocycles. The lowest BCUT2D eigenvalue weighted by molar-refractivity contribution is -0.122. The minimum Gasteiger partial charge on any atom is -0.298 e. The van der Waals surface area contributed by atoms with Crippen LogP contribution in [-0.2, 0) is 4.79 Å². The molecular weight excluding hydrogens is 126 g/mol. The maximum Gasteiger partial charge on any atom is 0.149 e. The molecule has 0 aromatic heterocycles. The van der Waals surface area contributed by atoms with Crippen LogP contribution in [0, 0.1) is 0 Å². The first-order chi connectivity index (χ1) is 4.75. The van der Waals surface area contributed by atoms with Gasteiger partial charge >= 0.3 is 0 Å². The summed E-state index contributed by atoms with van der Waals surface area (Å²) in [4.78, 5) is 13.3. The third-order valence-electron chi connectivity index (χ3n) is 2.24. The van der Waals surface area contributed by atoms with Gasteiger partial charge in [0.25, 0.3) is 0 Å². The molecular formula is C8H15NO. The van der Waals surface area contributed by atoms with Crippen LogP contribution in [0.25, 0.3) is 0 Å². The fraction of sp³-hybridized carbons (Fsp3) is 0.875. The Morgan fingerprint density at radius 2 is 2.40 bits per heavy atom. The Balaban J connectivity index is 2.46. The van der Waals surface area contributed by atoms with Crippen molar-refractivity contribution in [1.82, 2.24) is 4.90 Å². The molecule has 1 fully saturated rings. The highest BCUT2D eigenvalue weighted by Gasteiger charge is 2.25. The third kappa shape index (κ3) is 1.37. The van der Waals surface area contributed by atoms with E-state index in [1.807, 2.05) is 14.0 Å². The van der Waals surface area contributed by atoms with E-state index in [0.717, 1.165) is 13.0 Å². The number of ketones is 1. The molecule has 58 valence electrons. The molecule has 0 unspecified atom stereocenters. The lowest BCUT2D eigenvalue weighted by Crippen LogP contribution is -2.32. The largest absolute Gasteiger partial charge is 0.298 e. The molecule has 0 radical (unpaired) electrons. The van der Waals surface area contributed by atoms with Crippen molar-refractivity contribution in [3.63, 3.8) is 0 Å². The van der Waals surface area contributed by atoms with Gasteiger partial charge in [-0.15, -0.1) is 0 Å². The summed E-state index contributed by atoms with van der Waals surface area (Å²) in [6, 6.07) is 0.241. The van der Waals surface area contributed by atoms with Gasteiger partial charge in [-0.3, -0.25) is 9.69 Å². The van der Waals surface area contributed by atoms with E-state index >= 15 is 0 Å². The Morgan fingerprint density at radius 1 is 1.70 bits per heavy atom. The van der Waals surface area contributed by atoms with Crippen molar-refractivity contribution in [1.29, 1.82) is 0 Å². The minimum absolute atomic E-state index is 0.241. The SMILES string of the molecule is CCC(=O)[C@H]1CCCN1C. The van der Waals surface area contributed by atoms with E-state index in [9.17, 15) is 4.79 Å². The van der Waals surface area contributed by atoms with Gasteiger partial charge in [0.2, 0.25) is 0 Å². The quantitative estimate of drug-likeness (QED) is 0.573. The second kappa shape index (κ2) is 3.15. The molecule has 0 bridgehead atoms. The van der Waals surface area contributed by atoms with Crippen molar-refractivity contribution in [3.05, 3.63) is 0 Å². The molecule has 0 aliphatic carbocycles. The molecule has 2 nitrogen and oxygen atoms in total. The number of likely N-dealkylation sites (tertiary alicyclic amines) is 1. The molecule has 1 aliphatic rings. The maximum absolute atomic E-state index is 11.2. The predicted molar refractivity (Wildman–Crippen MR) is 41.0 cm³/mol. The maximum atomic E-state index is 11.2. The summed E-state index contributed by atoms with van der Waals surface area (Å²) in [5.74, 6) is 0.403. The van der Waals surface area contributed by atoms with Crippen molar-refractivity contribution < 1.29 is 4.79 Å². The van der Waals surface area contributed by atoms with Gasteiger partial charge in [0, 0.05) is 6.42 Å². The van der Waals surface area contributed by atoms with E-state index in [1.165, 1.54) is 6.42 Å². The van der Waals surface area contributed by atoms with E-state index in [4.69, 9.17) is 0 Å². The Labute approximate surface area is 62.2 Å². The summed E-state index contributed by atoms with van der Waals surface area (Å²) < 4.78 is 0. The summed E-state index contributed by atoms with van der Waals surface area (Å²) in [5, 5.41) is 0. The lowest BCUT2D eigenvalue weighted by atomic mass is 10.1. The molecule has 1 aliphatic heterocycles. The Kier molecular flexibility index (Phi) is 2.44. The summed E-state index contributed by atoms with van der Waals surface area (Å²) in [6.45, 7) is 3.03. The molecule has 0 amide bonds. The van der Waals surface area contributed by atoms with Crippen LogP contribution in [0.15, 0.2) is 0 Å². The zero-order valence-corrected chi connectivity index (χ0v) is 6.76. The van der Waals surface area contributed by atoms with Crippen LogP contribution < -0.4 is 0 Å². The van der Waals surface area contributed by atoms with E-state index in [2.05, 4.69) is 4.90 Å². The van der Waals surface area contributed by atoms with Crippen molar-refractivity contribution in [2.45, 2.75) is 32.2 Å². The molecule has 1 rings (SSSR count). The summed E-state index contributed by atoms with van der Waals surface area (Å²) in [6.07, 6.45) is 2.95. The first-order valence-corrected chi connectivity index (χ1v) is 3.98. The number of hydrogen-bond acceptors (Lipinski definition) is 2. The fourth-order valence-electron chi connectivity index (χ4n) is 1.55. The topological polar surface area (TPSA) is 20.3 Å². The Bertz CT molecular complexity index is 133. The van der Waals surface area contributed by atoms with Gasteiger partial charge in [0.05, 0.1) is 6.04 Å². The molecule has 1 saturated heterocycles. The highest BCUT2D eigenvalue weighted by atomic mass is 16.1. The summed E-state index contributed by atoms with van der Waals surface area (Å²) in [7, 11) is 2.03. The second-order valence-electron chi connectivity index (χ2n) is 2.96. The molecule has 0 spiro atoms. The predicted octanol–water partition coefficient (Wildman–Crippen LogP) is 1.06. The van der Waals surface area contributed by atoms with Gasteiger partial charge in [-0.25, -0.2) is 0 Å². The van der Waals surface area contributed by atoms with Crippen LogP contribution in [0.4, 0.5) is 0 Å². The fourth-order valence-corrected chi connectivity index (χ4v) is 1.55. The molecule has 2 heteroatoms. The normalized spacial score (nSPS) is 27.2. The van der Waals surface area contributed by atoms with E-state index in [-0.39, 0.29) is 6.04 Å². The molecule has 0 N–H and O–H groups in total. The molecule has 10 heavy (non-hydrogen) atoms. The van der Waals surface area contributed by atoms with Gasteiger partial charge in [0.15, 0.2) is 0 Å². The van der Waals surface area contributed by atoms with Gasteiger partial charge < -0.3 is 0 Å². The van der Waals surface area contributed by atoms with Gasteiger partial charge in [-0.05, 0) is 26.4 Å². The van der Waals surface area contributed by atoms with Crippen LogP contribution in [0.1, 0.15) is 26.2 Å². The van der Waals surface area contributed by atoms with E-state index < -0.39 is 0 Å². The average molecular weight is 141 g/mol.